The molecule has 3 aromatic carbocycles. The number of hydrogen-bond donors (Lipinski definition) is 3. The molecule has 0 aliphatic rings. The Morgan fingerprint density at radius 1 is 0.702 bits per heavy atom. The minimum Gasteiger partial charge on any atom is -0.478 e. The Hall–Kier alpha value is -5.23. The van der Waals surface area contributed by atoms with E-state index in [1.165, 1.54) is 60.0 Å². The number of carboxylic acids is 2. The van der Waals surface area contributed by atoms with Crippen molar-refractivity contribution in [3.8, 4) is 27.0 Å². The quantitative estimate of drug-likeness (QED) is 0.0622. The van der Waals surface area contributed by atoms with Crippen LogP contribution in [0.2, 0.25) is 0 Å². The Balaban J connectivity index is 1.24. The molecule has 0 radical (unpaired) electrons. The van der Waals surface area contributed by atoms with Crippen molar-refractivity contribution < 1.29 is 19.8 Å². The van der Waals surface area contributed by atoms with Gasteiger partial charge in [-0.1, -0.05) is 74.7 Å². The van der Waals surface area contributed by atoms with Gasteiger partial charge in [-0.25, -0.2) is 9.59 Å². The van der Waals surface area contributed by atoms with E-state index < -0.39 is 11.9 Å². The van der Waals surface area contributed by atoms with Crippen LogP contribution < -0.4 is 5.32 Å². The van der Waals surface area contributed by atoms with Gasteiger partial charge >= 0.3 is 11.9 Å². The van der Waals surface area contributed by atoms with Crippen LogP contribution in [-0.2, 0) is 16.0 Å². The van der Waals surface area contributed by atoms with Gasteiger partial charge in [0.25, 0.3) is 0 Å². The fourth-order valence-electron chi connectivity index (χ4n) is 5.08. The molecular weight excluding hydrogens is 625 g/mol. The molecule has 0 amide bonds. The number of rotatable bonds is 14. The number of anilines is 2. The normalized spacial score (nSPS) is 11.7. The highest BCUT2D eigenvalue weighted by Crippen LogP contribution is 2.34. The maximum Gasteiger partial charge on any atom is 0.346 e. The average Bonchev–Trinajstić information content (AvgIpc) is 3.76. The Morgan fingerprint density at radius 3 is 1.79 bits per heavy atom. The first kappa shape index (κ1) is 33.1. The summed E-state index contributed by atoms with van der Waals surface area (Å²) in [5, 5.41) is 31.6. The molecule has 0 unspecified atom stereocenters. The molecule has 0 aliphatic heterocycles. The second-order valence-electron chi connectivity index (χ2n) is 11.0. The minimum atomic E-state index is -1.27. The van der Waals surface area contributed by atoms with Gasteiger partial charge in [-0.3, -0.25) is 0 Å². The van der Waals surface area contributed by atoms with Crippen molar-refractivity contribution in [1.29, 1.82) is 5.26 Å². The predicted molar refractivity (Wildman–Crippen MR) is 194 cm³/mol. The molecule has 47 heavy (non-hydrogen) atoms. The van der Waals surface area contributed by atoms with E-state index in [4.69, 9.17) is 10.4 Å². The second-order valence-corrected chi connectivity index (χ2v) is 13.3. The Bertz CT molecular complexity index is 1940. The van der Waals surface area contributed by atoms with E-state index >= 15 is 0 Å². The standard InChI is InChI=1S/C39H34N2O4S2/c1-2-3-4-5-6-26-7-15-31(16-8-26)41-32-17-13-29(14-18-32)37-22-20-34(47-37)24-35(39(44)45)27-9-11-28(12-10-27)36-21-19-33(46-36)23-30(25-40)38(42)43/h7-24,41H,2-6H2,1H3,(H,42,43)(H,44,45)/b30-23+,35-24+. The van der Waals surface area contributed by atoms with Crippen LogP contribution in [0.5, 0.6) is 0 Å². The van der Waals surface area contributed by atoms with Crippen LogP contribution in [0.1, 0.15) is 53.5 Å². The Morgan fingerprint density at radius 2 is 1.26 bits per heavy atom. The summed E-state index contributed by atoms with van der Waals surface area (Å²) in [7, 11) is 0. The second kappa shape index (κ2) is 15.9. The van der Waals surface area contributed by atoms with E-state index in [1.54, 1.807) is 30.3 Å². The van der Waals surface area contributed by atoms with E-state index in [-0.39, 0.29) is 11.1 Å². The van der Waals surface area contributed by atoms with Gasteiger partial charge in [0.1, 0.15) is 11.6 Å². The zero-order chi connectivity index (χ0) is 33.2. The monoisotopic (exact) mass is 658 g/mol. The topological polar surface area (TPSA) is 110 Å². The number of nitriles is 1. The first-order chi connectivity index (χ1) is 22.8. The van der Waals surface area contributed by atoms with Gasteiger partial charge in [-0.2, -0.15) is 5.26 Å². The molecule has 0 spiro atoms. The molecule has 0 saturated heterocycles. The highest BCUT2D eigenvalue weighted by Gasteiger charge is 2.13. The summed E-state index contributed by atoms with van der Waals surface area (Å²) in [4.78, 5) is 26.8. The van der Waals surface area contributed by atoms with E-state index in [9.17, 15) is 14.7 Å². The summed E-state index contributed by atoms with van der Waals surface area (Å²) >= 11 is 2.88. The van der Waals surface area contributed by atoms with Crippen molar-refractivity contribution in [2.45, 2.75) is 39.0 Å². The van der Waals surface area contributed by atoms with Crippen molar-refractivity contribution >= 4 is 63.7 Å². The molecule has 2 heterocycles. The van der Waals surface area contributed by atoms with Crippen molar-refractivity contribution in [3.05, 3.63) is 124 Å². The molecule has 0 fully saturated rings. The third kappa shape index (κ3) is 8.95. The average molecular weight is 659 g/mol. The summed E-state index contributed by atoms with van der Waals surface area (Å²) in [5.41, 5.74) is 5.76. The Labute approximate surface area is 282 Å². The smallest absolute Gasteiger partial charge is 0.346 e. The van der Waals surface area contributed by atoms with Gasteiger partial charge in [0, 0.05) is 30.9 Å². The molecule has 0 saturated carbocycles. The van der Waals surface area contributed by atoms with Gasteiger partial charge in [-0.15, -0.1) is 22.7 Å². The van der Waals surface area contributed by atoms with Crippen molar-refractivity contribution in [1.82, 2.24) is 0 Å². The number of aryl methyl sites for hydroxylation is 1. The van der Waals surface area contributed by atoms with E-state index in [0.29, 0.717) is 10.4 Å². The molecule has 5 aromatic rings. The number of nitrogens with zero attached hydrogens (tertiary/aromatic N) is 1. The van der Waals surface area contributed by atoms with Gasteiger partial charge in [0.15, 0.2) is 0 Å². The molecule has 2 aromatic heterocycles. The fourth-order valence-corrected chi connectivity index (χ4v) is 6.99. The lowest BCUT2D eigenvalue weighted by Gasteiger charge is -2.08. The lowest BCUT2D eigenvalue weighted by molar-refractivity contribution is -0.132. The number of thiophene rings is 2. The summed E-state index contributed by atoms with van der Waals surface area (Å²) in [6.45, 7) is 2.23. The Kier molecular flexibility index (Phi) is 11.2. The number of carboxylic acid groups (broad SMARTS) is 2. The number of aliphatic carboxylic acids is 2. The molecule has 6 nitrogen and oxygen atoms in total. The molecular formula is C39H34N2O4S2. The third-order valence-corrected chi connectivity index (χ3v) is 9.78. The third-order valence-electron chi connectivity index (χ3n) is 7.62. The van der Waals surface area contributed by atoms with E-state index in [0.717, 1.165) is 43.6 Å². The summed E-state index contributed by atoms with van der Waals surface area (Å²) in [5.74, 6) is -2.29. The lowest BCUT2D eigenvalue weighted by atomic mass is 10.0. The minimum absolute atomic E-state index is 0.186. The van der Waals surface area contributed by atoms with Gasteiger partial charge < -0.3 is 15.5 Å². The van der Waals surface area contributed by atoms with Crippen LogP contribution >= 0.6 is 22.7 Å². The highest BCUT2D eigenvalue weighted by atomic mass is 32.1. The number of benzene rings is 3. The van der Waals surface area contributed by atoms with Crippen molar-refractivity contribution in [3.63, 3.8) is 0 Å². The number of hydrogen-bond acceptors (Lipinski definition) is 6. The van der Waals surface area contributed by atoms with E-state index in [1.807, 2.05) is 30.3 Å². The maximum atomic E-state index is 12.3. The van der Waals surface area contributed by atoms with Crippen LogP contribution in [0.15, 0.2) is 103 Å². The maximum absolute atomic E-state index is 12.3. The highest BCUT2D eigenvalue weighted by molar-refractivity contribution is 7.16. The van der Waals surface area contributed by atoms with Crippen LogP contribution in [0.4, 0.5) is 11.4 Å². The number of carbonyl (C=O) groups is 2. The molecule has 0 aliphatic carbocycles. The summed E-state index contributed by atoms with van der Waals surface area (Å²) in [6, 6.07) is 33.3. The van der Waals surface area contributed by atoms with Gasteiger partial charge in [-0.05, 0) is 95.8 Å². The summed E-state index contributed by atoms with van der Waals surface area (Å²) in [6.07, 6.45) is 9.21. The van der Waals surface area contributed by atoms with Crippen molar-refractivity contribution in [2.75, 3.05) is 5.32 Å². The largest absolute Gasteiger partial charge is 0.478 e. The molecule has 8 heteroatoms. The number of nitrogens with one attached hydrogen (secondary N) is 1. The molecule has 0 atom stereocenters. The molecule has 0 bridgehead atoms. The predicted octanol–water partition coefficient (Wildman–Crippen LogP) is 10.6. The molecule has 5 rings (SSSR count). The van der Waals surface area contributed by atoms with Gasteiger partial charge in [0.2, 0.25) is 0 Å². The molecule has 236 valence electrons. The zero-order valence-corrected chi connectivity index (χ0v) is 27.5. The van der Waals surface area contributed by atoms with Gasteiger partial charge in [0.05, 0.1) is 5.57 Å². The van der Waals surface area contributed by atoms with Crippen LogP contribution in [-0.4, -0.2) is 22.2 Å². The first-order valence-corrected chi connectivity index (χ1v) is 17.0. The SMILES string of the molecule is CCCCCCc1ccc(Nc2ccc(-c3ccc(/C=C(/C(=O)O)c4ccc(-c5ccc(/C=C(\C#N)C(=O)O)s5)cc4)s3)cc2)cc1. The fraction of sp³-hybridized carbons (Fsp3) is 0.154. The van der Waals surface area contributed by atoms with Crippen molar-refractivity contribution in [2.24, 2.45) is 0 Å². The van der Waals surface area contributed by atoms with Crippen LogP contribution in [0.25, 0.3) is 38.6 Å². The van der Waals surface area contributed by atoms with Crippen LogP contribution in [0, 0.1) is 11.3 Å². The summed E-state index contributed by atoms with van der Waals surface area (Å²) < 4.78 is 0. The zero-order valence-electron chi connectivity index (χ0n) is 25.9. The lowest BCUT2D eigenvalue weighted by Crippen LogP contribution is -1.99. The van der Waals surface area contributed by atoms with Crippen LogP contribution in [0.3, 0.4) is 0 Å². The number of unbranched alkanes of at least 4 members (excludes halogenated alkanes) is 3. The first-order valence-electron chi connectivity index (χ1n) is 15.4. The van der Waals surface area contributed by atoms with E-state index in [2.05, 4.69) is 60.8 Å². The molecule has 3 N–H and O–H groups in total.